The van der Waals surface area contributed by atoms with E-state index >= 15 is 0 Å². The molecule has 0 aliphatic carbocycles. The summed E-state index contributed by atoms with van der Waals surface area (Å²) in [5.41, 5.74) is 0. The highest BCUT2D eigenvalue weighted by atomic mass is 16.7. The van der Waals surface area contributed by atoms with Gasteiger partial charge in [0.05, 0.1) is 25.4 Å². The molecule has 0 spiro atoms. The molecule has 9 nitrogen and oxygen atoms in total. The normalized spacial score (nSPS) is 18.5. The van der Waals surface area contributed by atoms with Gasteiger partial charge in [-0.15, -0.1) is 0 Å². The molecule has 80 heavy (non-hydrogen) atoms. The third-order valence-electron chi connectivity index (χ3n) is 17.3. The van der Waals surface area contributed by atoms with Gasteiger partial charge in [-0.05, 0) is 44.9 Å². The highest BCUT2D eigenvalue weighted by Gasteiger charge is 2.44. The molecule has 0 radical (unpaired) electrons. The number of ether oxygens (including phenoxy) is 2. The van der Waals surface area contributed by atoms with E-state index in [9.17, 15) is 30.3 Å². The molecular formula is C71H137NO8. The molecule has 1 rings (SSSR count). The van der Waals surface area contributed by atoms with Crippen LogP contribution in [0.3, 0.4) is 0 Å². The van der Waals surface area contributed by atoms with Crippen LogP contribution in [-0.4, -0.2) is 87.5 Å². The van der Waals surface area contributed by atoms with Gasteiger partial charge in [-0.25, -0.2) is 0 Å². The third kappa shape index (κ3) is 49.0. The zero-order valence-electron chi connectivity index (χ0n) is 53.1. The molecule has 0 aromatic heterocycles. The summed E-state index contributed by atoms with van der Waals surface area (Å²) in [6.45, 7) is 3.89. The van der Waals surface area contributed by atoms with Crippen LogP contribution in [0.15, 0.2) is 24.3 Å². The van der Waals surface area contributed by atoms with Gasteiger partial charge in [-0.3, -0.25) is 4.79 Å². The lowest BCUT2D eigenvalue weighted by atomic mass is 9.99. The molecule has 0 bridgehead atoms. The number of hydrogen-bond acceptors (Lipinski definition) is 8. The first-order valence-corrected chi connectivity index (χ1v) is 35.5. The van der Waals surface area contributed by atoms with Crippen LogP contribution in [0, 0.1) is 0 Å². The van der Waals surface area contributed by atoms with Gasteiger partial charge in [-0.2, -0.15) is 0 Å². The number of aliphatic hydroxyl groups excluding tert-OH is 5. The second-order valence-electron chi connectivity index (χ2n) is 25.0. The predicted molar refractivity (Wildman–Crippen MR) is 341 cm³/mol. The number of carbonyl (C=O) groups is 1. The molecule has 0 saturated carbocycles. The lowest BCUT2D eigenvalue weighted by molar-refractivity contribution is -0.302. The molecule has 1 aliphatic rings. The molecule has 1 heterocycles. The van der Waals surface area contributed by atoms with E-state index in [0.29, 0.717) is 12.8 Å². The van der Waals surface area contributed by atoms with Crippen molar-refractivity contribution in [1.29, 1.82) is 0 Å². The molecule has 7 atom stereocenters. The van der Waals surface area contributed by atoms with Crippen LogP contribution < -0.4 is 5.32 Å². The molecular weight excluding hydrogens is 995 g/mol. The van der Waals surface area contributed by atoms with Crippen LogP contribution in [0.2, 0.25) is 0 Å². The first-order chi connectivity index (χ1) is 39.3. The standard InChI is InChI=1S/C71H137NO8/c1-3-5-7-9-11-13-15-17-19-21-23-25-27-29-31-32-33-34-35-37-39-41-43-45-47-49-51-53-55-57-59-61-67(75)72-64(63-79-71-70(78)69(77)68(76)66(62-73)80-71)65(74)60-58-56-54-52-50-48-46-44-42-40-38-36-30-28-26-24-22-20-18-16-14-12-10-8-6-4-2/h15,17,21,23,64-66,68-71,73-74,76-78H,3-14,16,18-20,22,24-63H2,1-2H3,(H,72,75)/b17-15-,23-21-. The molecule has 0 aromatic rings. The van der Waals surface area contributed by atoms with Crippen LogP contribution in [0.1, 0.15) is 367 Å². The maximum absolute atomic E-state index is 13.2. The average molecular weight is 1130 g/mol. The van der Waals surface area contributed by atoms with E-state index in [1.54, 1.807) is 0 Å². The quantitative estimate of drug-likeness (QED) is 0.0261. The summed E-state index contributed by atoms with van der Waals surface area (Å²) in [6.07, 6.45) is 72.5. The van der Waals surface area contributed by atoms with Crippen LogP contribution in [0.25, 0.3) is 0 Å². The average Bonchev–Trinajstić information content (AvgIpc) is 3.46. The Labute approximate surface area is 496 Å². The first kappa shape index (κ1) is 76.7. The van der Waals surface area contributed by atoms with Crippen molar-refractivity contribution in [2.75, 3.05) is 13.2 Å². The molecule has 1 fully saturated rings. The number of rotatable bonds is 63. The van der Waals surface area contributed by atoms with E-state index in [0.717, 1.165) is 44.9 Å². The van der Waals surface area contributed by atoms with Crippen molar-refractivity contribution in [3.05, 3.63) is 24.3 Å². The zero-order chi connectivity index (χ0) is 57.9. The Morgan fingerprint density at radius 2 is 0.738 bits per heavy atom. The molecule has 9 heteroatoms. The predicted octanol–water partition coefficient (Wildman–Crippen LogP) is 19.3. The maximum atomic E-state index is 13.2. The molecule has 6 N–H and O–H groups in total. The number of carbonyl (C=O) groups excluding carboxylic acids is 1. The second kappa shape index (κ2) is 60.8. The fourth-order valence-electron chi connectivity index (χ4n) is 11.7. The highest BCUT2D eigenvalue weighted by molar-refractivity contribution is 5.76. The van der Waals surface area contributed by atoms with Gasteiger partial charge in [-0.1, -0.05) is 340 Å². The van der Waals surface area contributed by atoms with Crippen molar-refractivity contribution in [2.24, 2.45) is 0 Å². The van der Waals surface area contributed by atoms with Gasteiger partial charge < -0.3 is 40.3 Å². The summed E-state index contributed by atoms with van der Waals surface area (Å²) in [7, 11) is 0. The second-order valence-corrected chi connectivity index (χ2v) is 25.0. The highest BCUT2D eigenvalue weighted by Crippen LogP contribution is 2.24. The zero-order valence-corrected chi connectivity index (χ0v) is 53.1. The number of aliphatic hydroxyl groups is 5. The molecule has 7 unspecified atom stereocenters. The topological polar surface area (TPSA) is 149 Å². The summed E-state index contributed by atoms with van der Waals surface area (Å²) in [5, 5.41) is 55.0. The van der Waals surface area contributed by atoms with Gasteiger partial charge in [0.15, 0.2) is 6.29 Å². The van der Waals surface area contributed by atoms with Gasteiger partial charge >= 0.3 is 0 Å². The smallest absolute Gasteiger partial charge is 0.220 e. The Balaban J connectivity index is 2.10. The number of nitrogens with one attached hydrogen (secondary N) is 1. The van der Waals surface area contributed by atoms with Crippen molar-refractivity contribution >= 4 is 5.91 Å². The minimum Gasteiger partial charge on any atom is -0.394 e. The Kier molecular flexibility index (Phi) is 58.3. The molecule has 1 amide bonds. The van der Waals surface area contributed by atoms with E-state index in [1.807, 2.05) is 0 Å². The Bertz CT molecular complexity index is 1310. The lowest BCUT2D eigenvalue weighted by Crippen LogP contribution is -2.60. The van der Waals surface area contributed by atoms with E-state index in [2.05, 4.69) is 43.5 Å². The molecule has 1 saturated heterocycles. The first-order valence-electron chi connectivity index (χ1n) is 35.5. The number of unbranched alkanes of at least 4 members (excludes halogenated alkanes) is 49. The molecule has 1 aliphatic heterocycles. The summed E-state index contributed by atoms with van der Waals surface area (Å²) in [6, 6.07) is -0.718. The Hall–Kier alpha value is -1.33. The number of amides is 1. The van der Waals surface area contributed by atoms with Gasteiger partial charge in [0, 0.05) is 6.42 Å². The maximum Gasteiger partial charge on any atom is 0.220 e. The van der Waals surface area contributed by atoms with Crippen LogP contribution in [0.5, 0.6) is 0 Å². The van der Waals surface area contributed by atoms with Gasteiger partial charge in [0.1, 0.15) is 24.4 Å². The van der Waals surface area contributed by atoms with Crippen molar-refractivity contribution in [2.45, 2.75) is 410 Å². The van der Waals surface area contributed by atoms with Crippen molar-refractivity contribution in [3.63, 3.8) is 0 Å². The van der Waals surface area contributed by atoms with E-state index in [4.69, 9.17) is 9.47 Å². The lowest BCUT2D eigenvalue weighted by Gasteiger charge is -2.40. The summed E-state index contributed by atoms with van der Waals surface area (Å²) in [4.78, 5) is 13.2. The minimum absolute atomic E-state index is 0.133. The number of hydrogen-bond donors (Lipinski definition) is 6. The Morgan fingerprint density at radius 1 is 0.425 bits per heavy atom. The fraction of sp³-hybridized carbons (Fsp3) is 0.930. The molecule has 0 aromatic carbocycles. The summed E-state index contributed by atoms with van der Waals surface area (Å²) < 4.78 is 11.4. The fourth-order valence-corrected chi connectivity index (χ4v) is 11.7. The van der Waals surface area contributed by atoms with Crippen LogP contribution in [0.4, 0.5) is 0 Å². The monoisotopic (exact) mass is 1130 g/mol. The van der Waals surface area contributed by atoms with Crippen LogP contribution in [-0.2, 0) is 14.3 Å². The summed E-state index contributed by atoms with van der Waals surface area (Å²) in [5.74, 6) is -0.136. The number of allylic oxidation sites excluding steroid dienone is 4. The van der Waals surface area contributed by atoms with Gasteiger partial charge in [0.2, 0.25) is 5.91 Å². The van der Waals surface area contributed by atoms with Crippen molar-refractivity contribution in [1.82, 2.24) is 5.32 Å². The minimum atomic E-state index is -1.55. The van der Waals surface area contributed by atoms with Crippen molar-refractivity contribution in [3.8, 4) is 0 Å². The van der Waals surface area contributed by atoms with Crippen LogP contribution >= 0.6 is 0 Å². The largest absolute Gasteiger partial charge is 0.394 e. The Morgan fingerprint density at radius 3 is 1.07 bits per heavy atom. The van der Waals surface area contributed by atoms with Crippen molar-refractivity contribution < 1.29 is 39.8 Å². The van der Waals surface area contributed by atoms with E-state index in [-0.39, 0.29) is 12.5 Å². The molecule has 474 valence electrons. The SMILES string of the molecule is CCCCCCC/C=C\C/C=C\CCCCCCCCCCCCCCCCCCCCCC(=O)NC(COC1OC(CO)C(O)C(O)C1O)C(O)CCCCCCCCCCCCCCCCCCCCCCCCCCCC. The van der Waals surface area contributed by atoms with E-state index in [1.165, 1.54) is 295 Å². The summed E-state index contributed by atoms with van der Waals surface area (Å²) >= 11 is 0. The third-order valence-corrected chi connectivity index (χ3v) is 17.3. The van der Waals surface area contributed by atoms with E-state index < -0.39 is 49.5 Å². The van der Waals surface area contributed by atoms with Gasteiger partial charge in [0.25, 0.3) is 0 Å².